The predicted molar refractivity (Wildman–Crippen MR) is 54.7 cm³/mol. The van der Waals surface area contributed by atoms with Crippen LogP contribution in [-0.4, -0.2) is 9.97 Å². The molecule has 4 nitrogen and oxygen atoms in total. The first kappa shape index (κ1) is 9.39. The Morgan fingerprint density at radius 2 is 2.07 bits per heavy atom. The van der Waals surface area contributed by atoms with Gasteiger partial charge in [-0.1, -0.05) is 12.1 Å². The van der Waals surface area contributed by atoms with Crippen molar-refractivity contribution in [3.05, 3.63) is 46.6 Å². The Morgan fingerprint density at radius 3 is 2.73 bits per heavy atom. The fourth-order valence-electron chi connectivity index (χ4n) is 1.30. The normalized spacial score (nSPS) is 10.2. The van der Waals surface area contributed by atoms with E-state index in [2.05, 4.69) is 9.97 Å². The summed E-state index contributed by atoms with van der Waals surface area (Å²) in [4.78, 5) is 16.9. The third-order valence-electron chi connectivity index (χ3n) is 1.93. The molecule has 0 bridgehead atoms. The molecule has 15 heavy (non-hydrogen) atoms. The maximum atomic E-state index is 13.4. The molecule has 0 aliphatic carbocycles. The van der Waals surface area contributed by atoms with Gasteiger partial charge >= 0.3 is 5.69 Å². The summed E-state index contributed by atoms with van der Waals surface area (Å²) in [5.74, 6) is -0.351. The number of benzene rings is 1. The quantitative estimate of drug-likeness (QED) is 0.733. The fraction of sp³-hybridized carbons (Fsp3) is 0. The highest BCUT2D eigenvalue weighted by Crippen LogP contribution is 2.19. The van der Waals surface area contributed by atoms with Crippen molar-refractivity contribution in [1.82, 2.24) is 9.97 Å². The lowest BCUT2D eigenvalue weighted by atomic mass is 10.1. The van der Waals surface area contributed by atoms with E-state index in [4.69, 9.17) is 5.73 Å². The van der Waals surface area contributed by atoms with Crippen LogP contribution in [-0.2, 0) is 0 Å². The first-order chi connectivity index (χ1) is 7.16. The number of nitrogens with zero attached hydrogens (tertiary/aromatic N) is 1. The van der Waals surface area contributed by atoms with Gasteiger partial charge in [-0.15, -0.1) is 0 Å². The second-order valence-electron chi connectivity index (χ2n) is 3.00. The molecule has 1 heterocycles. The largest absolute Gasteiger partial charge is 0.383 e. The van der Waals surface area contributed by atoms with Crippen LogP contribution >= 0.6 is 0 Å². The van der Waals surface area contributed by atoms with Crippen LogP contribution in [0.15, 0.2) is 35.1 Å². The number of hydrogen-bond donors (Lipinski definition) is 2. The van der Waals surface area contributed by atoms with Gasteiger partial charge in [-0.25, -0.2) is 9.18 Å². The van der Waals surface area contributed by atoms with Crippen molar-refractivity contribution in [1.29, 1.82) is 0 Å². The Kier molecular flexibility index (Phi) is 2.21. The average molecular weight is 205 g/mol. The number of nitrogens with two attached hydrogens (primary N) is 1. The number of anilines is 1. The summed E-state index contributed by atoms with van der Waals surface area (Å²) in [6.45, 7) is 0. The molecule has 0 aliphatic rings. The zero-order chi connectivity index (χ0) is 10.8. The monoisotopic (exact) mass is 205 g/mol. The Balaban J connectivity index is 2.64. The number of aromatic amines is 1. The molecule has 0 spiro atoms. The fourth-order valence-corrected chi connectivity index (χ4v) is 1.30. The van der Waals surface area contributed by atoms with Gasteiger partial charge in [0.1, 0.15) is 11.6 Å². The Labute approximate surface area is 84.6 Å². The number of hydrogen-bond acceptors (Lipinski definition) is 3. The van der Waals surface area contributed by atoms with Crippen molar-refractivity contribution in [2.45, 2.75) is 0 Å². The van der Waals surface area contributed by atoms with Gasteiger partial charge < -0.3 is 10.7 Å². The number of nitrogen functional groups attached to an aromatic ring is 1. The first-order valence-electron chi connectivity index (χ1n) is 4.28. The molecule has 5 heteroatoms. The topological polar surface area (TPSA) is 71.8 Å². The van der Waals surface area contributed by atoms with E-state index in [9.17, 15) is 9.18 Å². The highest BCUT2D eigenvalue weighted by Gasteiger charge is 2.05. The number of nitrogens with one attached hydrogen (secondary N) is 1. The van der Waals surface area contributed by atoms with Gasteiger partial charge in [0.2, 0.25) is 0 Å². The molecule has 0 radical (unpaired) electrons. The van der Waals surface area contributed by atoms with E-state index < -0.39 is 11.5 Å². The summed E-state index contributed by atoms with van der Waals surface area (Å²) in [6.07, 6.45) is 0. The highest BCUT2D eigenvalue weighted by molar-refractivity contribution is 5.61. The van der Waals surface area contributed by atoms with Crippen LogP contribution in [0.3, 0.4) is 0 Å². The van der Waals surface area contributed by atoms with Crippen LogP contribution in [0.5, 0.6) is 0 Å². The average Bonchev–Trinajstić information content (AvgIpc) is 2.16. The third kappa shape index (κ3) is 1.85. The van der Waals surface area contributed by atoms with E-state index in [1.807, 2.05) is 0 Å². The molecule has 0 aliphatic heterocycles. The summed E-state index contributed by atoms with van der Waals surface area (Å²) in [5, 5.41) is 0. The molecule has 0 unspecified atom stereocenters. The molecule has 0 saturated heterocycles. The maximum absolute atomic E-state index is 13.4. The van der Waals surface area contributed by atoms with Gasteiger partial charge in [-0.2, -0.15) is 4.98 Å². The van der Waals surface area contributed by atoms with Crippen molar-refractivity contribution in [2.24, 2.45) is 0 Å². The van der Waals surface area contributed by atoms with Crippen molar-refractivity contribution >= 4 is 5.82 Å². The van der Waals surface area contributed by atoms with Crippen LogP contribution in [0.2, 0.25) is 0 Å². The minimum absolute atomic E-state index is 0.0667. The second kappa shape index (κ2) is 3.53. The lowest BCUT2D eigenvalue weighted by Crippen LogP contribution is -2.13. The van der Waals surface area contributed by atoms with Gasteiger partial charge in [0.25, 0.3) is 0 Å². The van der Waals surface area contributed by atoms with Crippen molar-refractivity contribution in [3.8, 4) is 11.3 Å². The predicted octanol–water partition coefficient (Wildman–Crippen LogP) is 1.16. The minimum atomic E-state index is -0.590. The SMILES string of the molecule is Nc1cc(-c2ccccc2F)[nH]c(=O)n1. The zero-order valence-corrected chi connectivity index (χ0v) is 7.70. The van der Waals surface area contributed by atoms with E-state index in [-0.39, 0.29) is 5.82 Å². The molecule has 0 atom stereocenters. The van der Waals surface area contributed by atoms with E-state index in [0.717, 1.165) is 0 Å². The van der Waals surface area contributed by atoms with Crippen molar-refractivity contribution in [3.63, 3.8) is 0 Å². The zero-order valence-electron chi connectivity index (χ0n) is 7.70. The molecular weight excluding hydrogens is 197 g/mol. The number of halogens is 1. The van der Waals surface area contributed by atoms with Crippen LogP contribution < -0.4 is 11.4 Å². The Bertz CT molecular complexity index is 550. The summed E-state index contributed by atoms with van der Waals surface area (Å²) in [5.41, 5.74) is 5.42. The molecule has 3 N–H and O–H groups in total. The lowest BCUT2D eigenvalue weighted by molar-refractivity contribution is 0.630. The molecular formula is C10H8FN3O. The van der Waals surface area contributed by atoms with Gasteiger partial charge in [-0.3, -0.25) is 0 Å². The highest BCUT2D eigenvalue weighted by atomic mass is 19.1. The van der Waals surface area contributed by atoms with E-state index in [1.54, 1.807) is 18.2 Å². The van der Waals surface area contributed by atoms with Crippen molar-refractivity contribution < 1.29 is 4.39 Å². The summed E-state index contributed by atoms with van der Waals surface area (Å²) >= 11 is 0. The minimum Gasteiger partial charge on any atom is -0.383 e. The third-order valence-corrected chi connectivity index (χ3v) is 1.93. The first-order valence-corrected chi connectivity index (χ1v) is 4.28. The van der Waals surface area contributed by atoms with E-state index >= 15 is 0 Å². The number of aromatic nitrogens is 2. The molecule has 0 amide bonds. The van der Waals surface area contributed by atoms with E-state index in [1.165, 1.54) is 12.1 Å². The second-order valence-corrected chi connectivity index (χ2v) is 3.00. The molecule has 1 aromatic carbocycles. The van der Waals surface area contributed by atoms with Crippen LogP contribution in [0.25, 0.3) is 11.3 Å². The molecule has 2 aromatic rings. The summed E-state index contributed by atoms with van der Waals surface area (Å²) in [6, 6.07) is 7.53. The van der Waals surface area contributed by atoms with Crippen molar-refractivity contribution in [2.75, 3.05) is 5.73 Å². The van der Waals surface area contributed by atoms with Gasteiger partial charge in [-0.05, 0) is 12.1 Å². The maximum Gasteiger partial charge on any atom is 0.347 e. The number of H-pyrrole nitrogens is 1. The molecule has 76 valence electrons. The smallest absolute Gasteiger partial charge is 0.347 e. The van der Waals surface area contributed by atoms with Crippen LogP contribution in [0.1, 0.15) is 0 Å². The Morgan fingerprint density at radius 1 is 1.33 bits per heavy atom. The van der Waals surface area contributed by atoms with Gasteiger partial charge in [0, 0.05) is 11.6 Å². The molecule has 0 saturated carbocycles. The summed E-state index contributed by atoms with van der Waals surface area (Å²) in [7, 11) is 0. The molecule has 1 aromatic heterocycles. The van der Waals surface area contributed by atoms with Crippen LogP contribution in [0.4, 0.5) is 10.2 Å². The lowest BCUT2D eigenvalue weighted by Gasteiger charge is -2.02. The summed E-state index contributed by atoms with van der Waals surface area (Å²) < 4.78 is 13.4. The standard InChI is InChI=1S/C10H8FN3O/c11-7-4-2-1-3-6(7)8-5-9(12)14-10(15)13-8/h1-5H,(H3,12,13,14,15). The van der Waals surface area contributed by atoms with E-state index in [0.29, 0.717) is 11.3 Å². The molecule has 0 fully saturated rings. The van der Waals surface area contributed by atoms with Gasteiger partial charge in [0.15, 0.2) is 0 Å². The van der Waals surface area contributed by atoms with Gasteiger partial charge in [0.05, 0.1) is 5.69 Å². The van der Waals surface area contributed by atoms with Crippen LogP contribution in [0, 0.1) is 5.82 Å². The number of rotatable bonds is 1. The molecule has 2 rings (SSSR count). The Hall–Kier alpha value is -2.17.